The average molecular weight is 623 g/mol. The lowest BCUT2D eigenvalue weighted by Gasteiger charge is -2.31. The minimum absolute atomic E-state index is 0.0592. The first kappa shape index (κ1) is 31.5. The van der Waals surface area contributed by atoms with Gasteiger partial charge in [0.05, 0.1) is 17.2 Å². The summed E-state index contributed by atoms with van der Waals surface area (Å²) >= 11 is 6.13. The Morgan fingerprint density at radius 3 is 2.19 bits per heavy atom. The largest absolute Gasteiger partial charge is 0.416 e. The quantitative estimate of drug-likeness (QED) is 0.263. The van der Waals surface area contributed by atoms with Crippen LogP contribution in [-0.2, 0) is 34.2 Å². The zero-order valence-electron chi connectivity index (χ0n) is 22.7. The zero-order valence-corrected chi connectivity index (χ0v) is 24.3. The number of carbonyl (C=O) groups is 2. The van der Waals surface area contributed by atoms with Crippen LogP contribution in [0.3, 0.4) is 0 Å². The number of amides is 2. The zero-order chi connectivity index (χ0) is 30.7. The fourth-order valence-corrected chi connectivity index (χ4v) is 5.74. The molecule has 1 aliphatic rings. The number of fused-ring (bicyclic) bond motifs is 1. The molecular formula is C30H30ClF3N2O5S. The molecule has 0 radical (unpaired) electrons. The van der Waals surface area contributed by atoms with Gasteiger partial charge in [-0.3, -0.25) is 14.1 Å². The summed E-state index contributed by atoms with van der Waals surface area (Å²) in [5, 5.41) is 2.93. The summed E-state index contributed by atoms with van der Waals surface area (Å²) in [4.78, 5) is 28.2. The van der Waals surface area contributed by atoms with Crippen molar-refractivity contribution in [2.24, 2.45) is 0 Å². The molecule has 2 unspecified atom stereocenters. The third-order valence-corrected chi connectivity index (χ3v) is 8.28. The smallest absolute Gasteiger partial charge is 0.351 e. The fraction of sp³-hybridized carbons (Fsp3) is 0.333. The molecule has 4 rings (SSSR count). The molecule has 7 nitrogen and oxygen atoms in total. The maximum atomic E-state index is 14.2. The van der Waals surface area contributed by atoms with Gasteiger partial charge in [0, 0.05) is 30.2 Å². The molecule has 3 aromatic carbocycles. The molecule has 0 spiro atoms. The molecular weight excluding hydrogens is 593 g/mol. The van der Waals surface area contributed by atoms with Gasteiger partial charge in [0.2, 0.25) is 5.91 Å². The van der Waals surface area contributed by atoms with Crippen LogP contribution in [0.1, 0.15) is 69.8 Å². The van der Waals surface area contributed by atoms with Crippen LogP contribution in [0.15, 0.2) is 66.7 Å². The molecule has 0 aromatic heterocycles. The lowest BCUT2D eigenvalue weighted by molar-refractivity contribution is -0.137. The van der Waals surface area contributed by atoms with Crippen molar-refractivity contribution in [1.82, 2.24) is 10.2 Å². The Morgan fingerprint density at radius 2 is 1.60 bits per heavy atom. The van der Waals surface area contributed by atoms with Crippen LogP contribution in [0.4, 0.5) is 13.2 Å². The molecule has 0 aliphatic carbocycles. The van der Waals surface area contributed by atoms with Crippen molar-refractivity contribution >= 4 is 33.5 Å². The first-order valence-corrected chi connectivity index (χ1v) is 15.3. The van der Waals surface area contributed by atoms with E-state index < -0.39 is 39.4 Å². The highest BCUT2D eigenvalue weighted by Gasteiger charge is 2.37. The maximum absolute atomic E-state index is 14.2. The van der Waals surface area contributed by atoms with Gasteiger partial charge in [-0.15, -0.1) is 0 Å². The number of hydrogen-bond donors (Lipinski definition) is 2. The van der Waals surface area contributed by atoms with Crippen molar-refractivity contribution in [1.29, 1.82) is 0 Å². The summed E-state index contributed by atoms with van der Waals surface area (Å²) in [7, 11) is -4.22. The van der Waals surface area contributed by atoms with Crippen LogP contribution in [0, 0.1) is 0 Å². The molecule has 2 N–H and O–H groups in total. The van der Waals surface area contributed by atoms with Gasteiger partial charge in [0.1, 0.15) is 0 Å². The average Bonchev–Trinajstić information content (AvgIpc) is 3.36. The summed E-state index contributed by atoms with van der Waals surface area (Å²) in [6.45, 7) is 1.98. The Bertz CT molecular complexity index is 1540. The van der Waals surface area contributed by atoms with E-state index in [9.17, 15) is 31.2 Å². The van der Waals surface area contributed by atoms with Gasteiger partial charge in [0.25, 0.3) is 16.0 Å². The third kappa shape index (κ3) is 7.70. The second-order valence-corrected chi connectivity index (χ2v) is 12.3. The van der Waals surface area contributed by atoms with Crippen LogP contribution >= 0.6 is 11.6 Å². The SMILES string of the molecule is CCCC(c1ccc(C(=O)NCCS(=O)(=O)O)cc1)C(C(=O)N1Cc2ccc(C(F)(F)F)cc2C1)c1ccc(Cl)cc1. The van der Waals surface area contributed by atoms with Gasteiger partial charge in [-0.05, 0) is 71.0 Å². The summed E-state index contributed by atoms with van der Waals surface area (Å²) in [6, 6.07) is 17.1. The predicted molar refractivity (Wildman–Crippen MR) is 153 cm³/mol. The topological polar surface area (TPSA) is 104 Å². The molecule has 0 saturated carbocycles. The molecule has 224 valence electrons. The molecule has 1 heterocycles. The molecule has 2 amide bonds. The Labute approximate surface area is 247 Å². The lowest BCUT2D eigenvalue weighted by atomic mass is 9.77. The van der Waals surface area contributed by atoms with Gasteiger partial charge < -0.3 is 10.2 Å². The van der Waals surface area contributed by atoms with Crippen LogP contribution in [0.2, 0.25) is 5.02 Å². The lowest BCUT2D eigenvalue weighted by Crippen LogP contribution is -2.34. The monoisotopic (exact) mass is 622 g/mol. The first-order chi connectivity index (χ1) is 19.8. The number of benzene rings is 3. The highest BCUT2D eigenvalue weighted by Crippen LogP contribution is 2.41. The van der Waals surface area contributed by atoms with Gasteiger partial charge in [0.15, 0.2) is 0 Å². The van der Waals surface area contributed by atoms with Crippen molar-refractivity contribution in [3.8, 4) is 0 Å². The van der Waals surface area contributed by atoms with E-state index in [0.29, 0.717) is 28.1 Å². The molecule has 3 aromatic rings. The molecule has 0 bridgehead atoms. The molecule has 2 atom stereocenters. The minimum atomic E-state index is -4.48. The van der Waals surface area contributed by atoms with Crippen LogP contribution in [0.25, 0.3) is 0 Å². The van der Waals surface area contributed by atoms with E-state index in [1.54, 1.807) is 53.4 Å². The number of alkyl halides is 3. The second kappa shape index (κ2) is 12.8. The van der Waals surface area contributed by atoms with Gasteiger partial charge >= 0.3 is 6.18 Å². The molecule has 12 heteroatoms. The predicted octanol–water partition coefficient (Wildman–Crippen LogP) is 6.19. The number of halogens is 4. The summed E-state index contributed by atoms with van der Waals surface area (Å²) in [5.41, 5.74) is 2.15. The number of nitrogens with one attached hydrogen (secondary N) is 1. The Hall–Kier alpha value is -3.41. The van der Waals surface area contributed by atoms with Gasteiger partial charge in [-0.2, -0.15) is 21.6 Å². The Balaban J connectivity index is 1.62. The van der Waals surface area contributed by atoms with Gasteiger partial charge in [-0.1, -0.05) is 55.3 Å². The minimum Gasteiger partial charge on any atom is -0.351 e. The third-order valence-electron chi connectivity index (χ3n) is 7.31. The van der Waals surface area contributed by atoms with Crippen LogP contribution in [0.5, 0.6) is 0 Å². The van der Waals surface area contributed by atoms with E-state index in [4.69, 9.17) is 16.2 Å². The van der Waals surface area contributed by atoms with E-state index >= 15 is 0 Å². The first-order valence-electron chi connectivity index (χ1n) is 13.3. The fourth-order valence-electron chi connectivity index (χ4n) is 5.25. The van der Waals surface area contributed by atoms with Crippen molar-refractivity contribution in [2.45, 2.75) is 50.9 Å². The van der Waals surface area contributed by atoms with Crippen LogP contribution in [-0.4, -0.2) is 42.0 Å². The highest BCUT2D eigenvalue weighted by molar-refractivity contribution is 7.85. The normalized spacial score (nSPS) is 14.8. The molecule has 1 aliphatic heterocycles. The van der Waals surface area contributed by atoms with Crippen molar-refractivity contribution in [3.63, 3.8) is 0 Å². The molecule has 0 saturated heterocycles. The van der Waals surface area contributed by atoms with E-state index in [1.807, 2.05) is 6.92 Å². The van der Waals surface area contributed by atoms with Crippen molar-refractivity contribution in [3.05, 3.63) is 105 Å². The number of carbonyl (C=O) groups excluding carboxylic acids is 2. The number of rotatable bonds is 10. The van der Waals surface area contributed by atoms with E-state index in [1.165, 1.54) is 6.07 Å². The summed E-state index contributed by atoms with van der Waals surface area (Å²) in [6.07, 6.45) is -3.14. The summed E-state index contributed by atoms with van der Waals surface area (Å²) in [5.74, 6) is -2.36. The van der Waals surface area contributed by atoms with Crippen LogP contribution < -0.4 is 5.32 Å². The number of nitrogens with zero attached hydrogens (tertiary/aromatic N) is 1. The molecule has 42 heavy (non-hydrogen) atoms. The van der Waals surface area contributed by atoms with E-state index in [0.717, 1.165) is 24.1 Å². The molecule has 0 fully saturated rings. The van der Waals surface area contributed by atoms with E-state index in [-0.39, 0.29) is 37.0 Å². The van der Waals surface area contributed by atoms with E-state index in [2.05, 4.69) is 5.32 Å². The van der Waals surface area contributed by atoms with Crippen molar-refractivity contribution < 1.29 is 35.7 Å². The highest BCUT2D eigenvalue weighted by atomic mass is 35.5. The Kier molecular flexibility index (Phi) is 9.64. The van der Waals surface area contributed by atoms with Crippen molar-refractivity contribution in [2.75, 3.05) is 12.3 Å². The maximum Gasteiger partial charge on any atom is 0.416 e. The standard InChI is InChI=1S/C30H30ClF3N2O5S/c1-2-3-26(19-4-6-21(7-5-19)28(37)35-14-15-42(39,40)41)27(20-9-12-25(31)13-10-20)29(38)36-17-22-8-11-24(30(32,33)34)16-23(22)18-36/h4-13,16,26-27H,2-3,14-15,17-18H2,1H3,(H,35,37)(H,39,40,41). The van der Waals surface area contributed by atoms with Gasteiger partial charge in [-0.25, -0.2) is 0 Å². The Morgan fingerprint density at radius 1 is 0.976 bits per heavy atom. The number of hydrogen-bond acceptors (Lipinski definition) is 4. The second-order valence-electron chi connectivity index (χ2n) is 10.3. The summed E-state index contributed by atoms with van der Waals surface area (Å²) < 4.78 is 70.6.